The maximum atomic E-state index is 10.6. The number of carbonyl (C=O) groups is 1. The summed E-state index contributed by atoms with van der Waals surface area (Å²) in [5.41, 5.74) is 1.09. The number of hydrogen-bond donors (Lipinski definition) is 2. The molecule has 0 aromatic heterocycles. The van der Waals surface area contributed by atoms with Gasteiger partial charge in [0, 0.05) is 25.2 Å². The van der Waals surface area contributed by atoms with Gasteiger partial charge in [-0.2, -0.15) is 0 Å². The molecule has 1 aliphatic heterocycles. The van der Waals surface area contributed by atoms with Crippen molar-refractivity contribution in [2.24, 2.45) is 0 Å². The Balaban J connectivity index is 1.53. The Morgan fingerprint density at radius 1 is 1.35 bits per heavy atom. The number of ether oxygens (including phenoxy) is 1. The third kappa shape index (κ3) is 5.61. The van der Waals surface area contributed by atoms with Crippen LogP contribution in [0.15, 0.2) is 11.6 Å². The monoisotopic (exact) mass is 282 g/mol. The highest BCUT2D eigenvalue weighted by atomic mass is 16.5. The van der Waals surface area contributed by atoms with Gasteiger partial charge in [-0.1, -0.05) is 5.57 Å². The molecule has 0 aromatic carbocycles. The first-order chi connectivity index (χ1) is 9.74. The van der Waals surface area contributed by atoms with Crippen molar-refractivity contribution in [1.82, 2.24) is 10.2 Å². The van der Waals surface area contributed by atoms with Gasteiger partial charge in [-0.25, -0.2) is 4.79 Å². The molecule has 20 heavy (non-hydrogen) atoms. The highest BCUT2D eigenvalue weighted by molar-refractivity contribution is 5.80. The Hall–Kier alpha value is -0.910. The molecule has 2 N–H and O–H groups in total. The molecule has 2 rings (SSSR count). The van der Waals surface area contributed by atoms with Crippen LogP contribution >= 0.6 is 0 Å². The lowest BCUT2D eigenvalue weighted by Gasteiger charge is -2.28. The second kappa shape index (κ2) is 8.39. The predicted octanol–water partition coefficient (Wildman–Crippen LogP) is 1.25. The molecular formula is C15H26N2O3. The van der Waals surface area contributed by atoms with Gasteiger partial charge in [0.2, 0.25) is 0 Å². The highest BCUT2D eigenvalue weighted by Gasteiger charge is 2.16. The Labute approximate surface area is 121 Å². The molecule has 0 bridgehead atoms. The Morgan fingerprint density at radius 3 is 2.70 bits per heavy atom. The van der Waals surface area contributed by atoms with Crippen LogP contribution < -0.4 is 5.32 Å². The summed E-state index contributed by atoms with van der Waals surface area (Å²) in [6.45, 7) is 6.07. The van der Waals surface area contributed by atoms with Gasteiger partial charge < -0.3 is 15.2 Å². The number of aliphatic carboxylic acids is 1. The molecule has 0 spiro atoms. The fraction of sp³-hybridized carbons (Fsp3) is 0.800. The molecule has 1 saturated heterocycles. The van der Waals surface area contributed by atoms with E-state index >= 15 is 0 Å². The number of carboxylic acids is 1. The quantitative estimate of drug-likeness (QED) is 0.567. The molecule has 1 saturated carbocycles. The number of rotatable bonds is 6. The van der Waals surface area contributed by atoms with Crippen molar-refractivity contribution in [2.45, 2.75) is 38.1 Å². The van der Waals surface area contributed by atoms with Crippen LogP contribution in [0.2, 0.25) is 0 Å². The average Bonchev–Trinajstić information content (AvgIpc) is 2.46. The fourth-order valence-electron chi connectivity index (χ4n) is 2.95. The maximum Gasteiger partial charge on any atom is 0.328 e. The topological polar surface area (TPSA) is 61.8 Å². The van der Waals surface area contributed by atoms with Gasteiger partial charge in [-0.05, 0) is 45.2 Å². The van der Waals surface area contributed by atoms with Crippen LogP contribution in [-0.4, -0.2) is 61.4 Å². The first-order valence-corrected chi connectivity index (χ1v) is 7.70. The lowest BCUT2D eigenvalue weighted by Crippen LogP contribution is -2.39. The molecule has 2 fully saturated rings. The fourth-order valence-corrected chi connectivity index (χ4v) is 2.95. The van der Waals surface area contributed by atoms with Gasteiger partial charge in [0.05, 0.1) is 13.2 Å². The maximum absolute atomic E-state index is 10.6. The number of carboxylic acid groups (broad SMARTS) is 1. The zero-order valence-corrected chi connectivity index (χ0v) is 12.1. The van der Waals surface area contributed by atoms with Gasteiger partial charge in [0.15, 0.2) is 0 Å². The van der Waals surface area contributed by atoms with E-state index in [4.69, 9.17) is 9.84 Å². The summed E-state index contributed by atoms with van der Waals surface area (Å²) in [6, 6.07) is 0.561. The number of nitrogens with one attached hydrogen (secondary N) is 1. The summed E-state index contributed by atoms with van der Waals surface area (Å²) in [7, 11) is 0. The van der Waals surface area contributed by atoms with Crippen molar-refractivity contribution in [2.75, 3.05) is 39.4 Å². The zero-order chi connectivity index (χ0) is 14.2. The van der Waals surface area contributed by atoms with E-state index in [2.05, 4.69) is 10.2 Å². The summed E-state index contributed by atoms with van der Waals surface area (Å²) >= 11 is 0. The van der Waals surface area contributed by atoms with Crippen LogP contribution in [-0.2, 0) is 9.53 Å². The molecular weight excluding hydrogens is 256 g/mol. The Kier molecular flexibility index (Phi) is 6.50. The van der Waals surface area contributed by atoms with Crippen LogP contribution in [0, 0.1) is 0 Å². The number of morpholine rings is 1. The van der Waals surface area contributed by atoms with E-state index in [-0.39, 0.29) is 0 Å². The first kappa shape index (κ1) is 15.5. The van der Waals surface area contributed by atoms with Gasteiger partial charge in [0.25, 0.3) is 0 Å². The Morgan fingerprint density at radius 2 is 2.05 bits per heavy atom. The summed E-state index contributed by atoms with van der Waals surface area (Å²) in [5, 5.41) is 12.3. The zero-order valence-electron chi connectivity index (χ0n) is 12.1. The molecule has 0 aromatic rings. The van der Waals surface area contributed by atoms with Crippen LogP contribution in [0.4, 0.5) is 0 Å². The normalized spacial score (nSPS) is 24.6. The summed E-state index contributed by atoms with van der Waals surface area (Å²) in [5.74, 6) is -0.808. The van der Waals surface area contributed by atoms with Crippen LogP contribution in [0.3, 0.4) is 0 Å². The minimum atomic E-state index is -0.808. The second-order valence-corrected chi connectivity index (χ2v) is 5.68. The molecule has 0 unspecified atom stereocenters. The minimum Gasteiger partial charge on any atom is -0.478 e. The van der Waals surface area contributed by atoms with Crippen LogP contribution in [0.25, 0.3) is 0 Å². The van der Waals surface area contributed by atoms with Gasteiger partial charge >= 0.3 is 5.97 Å². The molecule has 2 aliphatic rings. The molecule has 5 nitrogen and oxygen atoms in total. The number of allylic oxidation sites excluding steroid dienone is 1. The molecule has 1 heterocycles. The smallest absolute Gasteiger partial charge is 0.328 e. The van der Waals surface area contributed by atoms with Crippen LogP contribution in [0.5, 0.6) is 0 Å². The third-order valence-electron chi connectivity index (χ3n) is 4.14. The lowest BCUT2D eigenvalue weighted by molar-refractivity contribution is -0.131. The third-order valence-corrected chi connectivity index (χ3v) is 4.14. The van der Waals surface area contributed by atoms with E-state index in [0.29, 0.717) is 6.04 Å². The summed E-state index contributed by atoms with van der Waals surface area (Å²) in [4.78, 5) is 13.1. The molecule has 0 atom stereocenters. The van der Waals surface area contributed by atoms with Crippen molar-refractivity contribution >= 4 is 5.97 Å². The van der Waals surface area contributed by atoms with E-state index in [1.165, 1.54) is 12.5 Å². The standard InChI is InChI=1S/C15H26N2O3/c18-15(19)12-13-2-4-14(5-3-13)16-6-1-7-17-8-10-20-11-9-17/h12,14,16H,1-11H2,(H,18,19). The number of nitrogens with zero attached hydrogens (tertiary/aromatic N) is 1. The molecule has 0 radical (unpaired) electrons. The highest BCUT2D eigenvalue weighted by Crippen LogP contribution is 2.23. The SMILES string of the molecule is O=C(O)C=C1CCC(NCCCN2CCOCC2)CC1. The molecule has 0 amide bonds. The van der Waals surface area contributed by atoms with E-state index in [1.54, 1.807) is 0 Å². The van der Waals surface area contributed by atoms with Crippen molar-refractivity contribution in [1.29, 1.82) is 0 Å². The number of hydrogen-bond acceptors (Lipinski definition) is 4. The van der Waals surface area contributed by atoms with Crippen molar-refractivity contribution in [3.63, 3.8) is 0 Å². The van der Waals surface area contributed by atoms with Crippen molar-refractivity contribution in [3.8, 4) is 0 Å². The lowest BCUT2D eigenvalue weighted by atomic mass is 9.90. The largest absolute Gasteiger partial charge is 0.478 e. The van der Waals surface area contributed by atoms with E-state index in [9.17, 15) is 4.79 Å². The van der Waals surface area contributed by atoms with E-state index in [0.717, 1.165) is 70.6 Å². The first-order valence-electron chi connectivity index (χ1n) is 7.70. The average molecular weight is 282 g/mol. The molecule has 1 aliphatic carbocycles. The van der Waals surface area contributed by atoms with Gasteiger partial charge in [-0.15, -0.1) is 0 Å². The minimum absolute atomic E-state index is 0.561. The van der Waals surface area contributed by atoms with Gasteiger partial charge in [0.1, 0.15) is 0 Å². The molecule has 114 valence electrons. The Bertz CT molecular complexity index is 328. The van der Waals surface area contributed by atoms with Crippen molar-refractivity contribution < 1.29 is 14.6 Å². The predicted molar refractivity (Wildman–Crippen MR) is 77.9 cm³/mol. The molecule has 5 heteroatoms. The van der Waals surface area contributed by atoms with E-state index < -0.39 is 5.97 Å². The van der Waals surface area contributed by atoms with Crippen molar-refractivity contribution in [3.05, 3.63) is 11.6 Å². The summed E-state index contributed by atoms with van der Waals surface area (Å²) in [6.07, 6.45) is 6.54. The van der Waals surface area contributed by atoms with Gasteiger partial charge in [-0.3, -0.25) is 4.90 Å². The second-order valence-electron chi connectivity index (χ2n) is 5.68. The van der Waals surface area contributed by atoms with E-state index in [1.807, 2.05) is 0 Å². The summed E-state index contributed by atoms with van der Waals surface area (Å²) < 4.78 is 5.33. The van der Waals surface area contributed by atoms with Crippen LogP contribution in [0.1, 0.15) is 32.1 Å².